The Labute approximate surface area is 513 Å². The monoisotopic (exact) mass is 1160 g/mol. The van der Waals surface area contributed by atoms with Crippen molar-refractivity contribution in [2.75, 3.05) is 13.2 Å². The first kappa shape index (κ1) is 80.2. The minimum atomic E-state index is -0.768. The molecule has 1 unspecified atom stereocenters. The van der Waals surface area contributed by atoms with Gasteiger partial charge in [0.25, 0.3) is 0 Å². The minimum Gasteiger partial charge on any atom is -0.462 e. The van der Waals surface area contributed by atoms with Crippen molar-refractivity contribution >= 4 is 17.9 Å². The van der Waals surface area contributed by atoms with E-state index in [4.69, 9.17) is 14.2 Å². The van der Waals surface area contributed by atoms with Crippen molar-refractivity contribution in [3.8, 4) is 0 Å². The van der Waals surface area contributed by atoms with Crippen LogP contribution in [0.4, 0.5) is 0 Å². The van der Waals surface area contributed by atoms with Gasteiger partial charge in [-0.05, 0) is 44.9 Å². The zero-order valence-electron chi connectivity index (χ0n) is 56.1. The van der Waals surface area contributed by atoms with E-state index in [9.17, 15) is 14.4 Å². The van der Waals surface area contributed by atoms with Crippen molar-refractivity contribution in [1.82, 2.24) is 0 Å². The van der Waals surface area contributed by atoms with Gasteiger partial charge in [0.1, 0.15) is 13.2 Å². The SMILES string of the molecule is CCCCCCCCCC/C=C\CCCCCCCCCCCC(=O)OC(COC(=O)CCCCCCCCCCCCCCCCCCCCCC)COC(=O)CCCCCCCCCCCCCCCCCCCCCCCCC. The van der Waals surface area contributed by atoms with E-state index in [1.807, 2.05) is 0 Å². The summed E-state index contributed by atoms with van der Waals surface area (Å²) in [6, 6.07) is 0. The second-order valence-electron chi connectivity index (χ2n) is 25.9. The Morgan fingerprint density at radius 1 is 0.232 bits per heavy atom. The number of rotatable bonds is 71. The summed E-state index contributed by atoms with van der Waals surface area (Å²) >= 11 is 0. The van der Waals surface area contributed by atoms with Gasteiger partial charge in [-0.3, -0.25) is 14.4 Å². The molecule has 0 bridgehead atoms. The smallest absolute Gasteiger partial charge is 0.306 e. The molecule has 0 amide bonds. The van der Waals surface area contributed by atoms with E-state index in [1.54, 1.807) is 0 Å². The standard InChI is InChI=1S/C76H146O6/c1-4-7-10-13-16-19-22-25-28-31-34-37-38-40-42-45-48-51-54-57-60-63-66-69-75(78)81-72-73(71-80-74(77)68-65-62-59-56-53-50-47-44-41-36-33-30-27-24-21-18-15-12-9-6-3)82-76(79)70-67-64-61-58-55-52-49-46-43-39-35-32-29-26-23-20-17-14-11-8-5-2/h32,35,73H,4-31,33-34,36-72H2,1-3H3/b35-32-. The van der Waals surface area contributed by atoms with Gasteiger partial charge in [0.2, 0.25) is 0 Å². The summed E-state index contributed by atoms with van der Waals surface area (Å²) in [6.45, 7) is 6.75. The normalized spacial score (nSPS) is 12.0. The van der Waals surface area contributed by atoms with Crippen molar-refractivity contribution in [3.63, 3.8) is 0 Å². The first-order valence-electron chi connectivity index (χ1n) is 37.7. The average molecular weight is 1160 g/mol. The molecule has 0 saturated heterocycles. The average Bonchev–Trinajstić information content (AvgIpc) is 3.47. The number of hydrogen-bond acceptors (Lipinski definition) is 6. The summed E-state index contributed by atoms with van der Waals surface area (Å²) in [6.07, 6.45) is 86.8. The summed E-state index contributed by atoms with van der Waals surface area (Å²) in [5.41, 5.74) is 0. The Morgan fingerprint density at radius 3 is 0.610 bits per heavy atom. The highest BCUT2D eigenvalue weighted by Crippen LogP contribution is 2.20. The van der Waals surface area contributed by atoms with Crippen LogP contribution in [0.1, 0.15) is 438 Å². The number of ether oxygens (including phenoxy) is 3. The van der Waals surface area contributed by atoms with Crippen molar-refractivity contribution in [2.24, 2.45) is 0 Å². The second-order valence-corrected chi connectivity index (χ2v) is 25.9. The van der Waals surface area contributed by atoms with Crippen molar-refractivity contribution in [3.05, 3.63) is 12.2 Å². The summed E-state index contributed by atoms with van der Waals surface area (Å²) in [4.78, 5) is 38.6. The molecule has 0 radical (unpaired) electrons. The number of esters is 3. The fourth-order valence-electron chi connectivity index (χ4n) is 11.9. The zero-order chi connectivity index (χ0) is 59.2. The maximum Gasteiger partial charge on any atom is 0.306 e. The predicted octanol–water partition coefficient (Wildman–Crippen LogP) is 26.0. The van der Waals surface area contributed by atoms with Crippen LogP contribution in [0, 0.1) is 0 Å². The lowest BCUT2D eigenvalue weighted by molar-refractivity contribution is -0.167. The third-order valence-electron chi connectivity index (χ3n) is 17.5. The Bertz CT molecular complexity index is 1280. The van der Waals surface area contributed by atoms with Gasteiger partial charge < -0.3 is 14.2 Å². The van der Waals surface area contributed by atoms with E-state index in [-0.39, 0.29) is 31.1 Å². The summed E-state index contributed by atoms with van der Waals surface area (Å²) in [5, 5.41) is 0. The van der Waals surface area contributed by atoms with Crippen molar-refractivity contribution in [1.29, 1.82) is 0 Å². The van der Waals surface area contributed by atoms with Gasteiger partial charge >= 0.3 is 17.9 Å². The van der Waals surface area contributed by atoms with Crippen LogP contribution >= 0.6 is 0 Å². The van der Waals surface area contributed by atoms with Crippen LogP contribution in [0.15, 0.2) is 12.2 Å². The zero-order valence-corrected chi connectivity index (χ0v) is 56.1. The first-order valence-corrected chi connectivity index (χ1v) is 37.7. The largest absolute Gasteiger partial charge is 0.462 e. The highest BCUT2D eigenvalue weighted by molar-refractivity contribution is 5.71. The highest BCUT2D eigenvalue weighted by Gasteiger charge is 2.20. The first-order chi connectivity index (χ1) is 40.5. The summed E-state index contributed by atoms with van der Waals surface area (Å²) < 4.78 is 17.1. The lowest BCUT2D eigenvalue weighted by Crippen LogP contribution is -2.30. The van der Waals surface area contributed by atoms with Crippen LogP contribution in [0.25, 0.3) is 0 Å². The van der Waals surface area contributed by atoms with E-state index < -0.39 is 6.10 Å². The molecule has 0 heterocycles. The van der Waals surface area contributed by atoms with Crippen LogP contribution in [-0.2, 0) is 28.6 Å². The number of allylic oxidation sites excluding steroid dienone is 2. The molecular formula is C76H146O6. The van der Waals surface area contributed by atoms with Crippen molar-refractivity contribution in [2.45, 2.75) is 444 Å². The van der Waals surface area contributed by atoms with Crippen LogP contribution in [0.5, 0.6) is 0 Å². The molecule has 0 rings (SSSR count). The molecule has 0 saturated carbocycles. The fraction of sp³-hybridized carbons (Fsp3) is 0.934. The Kier molecular flexibility index (Phi) is 70.0. The van der Waals surface area contributed by atoms with E-state index in [0.29, 0.717) is 19.3 Å². The van der Waals surface area contributed by atoms with E-state index in [2.05, 4.69) is 32.9 Å². The molecule has 0 fully saturated rings. The van der Waals surface area contributed by atoms with Gasteiger partial charge in [-0.2, -0.15) is 0 Å². The molecule has 0 aromatic heterocycles. The third-order valence-corrected chi connectivity index (χ3v) is 17.5. The number of carbonyl (C=O) groups excluding carboxylic acids is 3. The number of hydrogen-bond donors (Lipinski definition) is 0. The van der Waals surface area contributed by atoms with Gasteiger partial charge in [0.05, 0.1) is 0 Å². The van der Waals surface area contributed by atoms with Crippen molar-refractivity contribution < 1.29 is 28.6 Å². The maximum atomic E-state index is 13.0. The summed E-state index contributed by atoms with van der Waals surface area (Å²) in [7, 11) is 0. The number of unbranched alkanes of at least 4 members (excludes halogenated alkanes) is 58. The lowest BCUT2D eigenvalue weighted by Gasteiger charge is -2.18. The summed E-state index contributed by atoms with van der Waals surface area (Å²) in [5.74, 6) is -0.824. The Hall–Kier alpha value is -1.85. The molecule has 0 aliphatic rings. The third kappa shape index (κ3) is 68.9. The van der Waals surface area contributed by atoms with Gasteiger partial charge in [-0.1, -0.05) is 386 Å². The van der Waals surface area contributed by atoms with E-state index in [1.165, 1.54) is 340 Å². The predicted molar refractivity (Wildman–Crippen MR) is 358 cm³/mol. The molecule has 0 spiro atoms. The lowest BCUT2D eigenvalue weighted by atomic mass is 10.0. The Balaban J connectivity index is 4.28. The molecule has 0 N–H and O–H groups in total. The molecule has 1 atom stereocenters. The molecule has 0 aliphatic heterocycles. The van der Waals surface area contributed by atoms with E-state index >= 15 is 0 Å². The molecule has 486 valence electrons. The molecule has 6 nitrogen and oxygen atoms in total. The minimum absolute atomic E-state index is 0.0634. The Morgan fingerprint density at radius 2 is 0.402 bits per heavy atom. The van der Waals surface area contributed by atoms with Crippen LogP contribution in [0.2, 0.25) is 0 Å². The molecule has 6 heteroatoms. The fourth-order valence-corrected chi connectivity index (χ4v) is 11.9. The van der Waals surface area contributed by atoms with Gasteiger partial charge in [0.15, 0.2) is 6.10 Å². The van der Waals surface area contributed by atoms with Crippen LogP contribution in [0.3, 0.4) is 0 Å². The topological polar surface area (TPSA) is 78.9 Å². The van der Waals surface area contributed by atoms with Gasteiger partial charge in [0, 0.05) is 19.3 Å². The molecule has 0 aliphatic carbocycles. The van der Waals surface area contributed by atoms with E-state index in [0.717, 1.165) is 57.8 Å². The maximum absolute atomic E-state index is 13.0. The second kappa shape index (κ2) is 71.6. The molecular weight excluding hydrogens is 1010 g/mol. The molecule has 0 aromatic carbocycles. The quantitative estimate of drug-likeness (QED) is 0.0261. The van der Waals surface area contributed by atoms with Crippen LogP contribution < -0.4 is 0 Å². The van der Waals surface area contributed by atoms with Gasteiger partial charge in [-0.25, -0.2) is 0 Å². The molecule has 0 aromatic rings. The highest BCUT2D eigenvalue weighted by atomic mass is 16.6. The van der Waals surface area contributed by atoms with Crippen LogP contribution in [-0.4, -0.2) is 37.2 Å². The molecule has 82 heavy (non-hydrogen) atoms. The number of carbonyl (C=O) groups is 3. The van der Waals surface area contributed by atoms with Gasteiger partial charge in [-0.15, -0.1) is 0 Å².